The summed E-state index contributed by atoms with van der Waals surface area (Å²) in [5.74, 6) is 0.272. The van der Waals surface area contributed by atoms with Crippen molar-refractivity contribution in [2.45, 2.75) is 142 Å². The Morgan fingerprint density at radius 2 is 1.15 bits per heavy atom. The van der Waals surface area contributed by atoms with E-state index in [1.807, 2.05) is 67.5 Å². The number of hydrogen-bond acceptors (Lipinski definition) is 11. The third-order valence-electron chi connectivity index (χ3n) is 11.1. The van der Waals surface area contributed by atoms with Crippen LogP contribution in [-0.4, -0.2) is 126 Å². The average Bonchev–Trinajstić information content (AvgIpc) is 3.71. The normalized spacial score (nSPS) is 31.9. The number of carbonyl (C=O) groups excluding carboxylic acids is 5. The molecular weight excluding hydrogens is 672 g/mol. The largest absolute Gasteiger partial charge is 0.445 e. The predicted molar refractivity (Wildman–Crippen MR) is 210 cm³/mol. The third-order valence-corrected chi connectivity index (χ3v) is 11.1. The van der Waals surface area contributed by atoms with E-state index < -0.39 is 28.2 Å². The first-order valence-corrected chi connectivity index (χ1v) is 19.9. The topological polar surface area (TPSA) is 149 Å². The first-order valence-electron chi connectivity index (χ1n) is 19.9. The predicted octanol–water partition coefficient (Wildman–Crippen LogP) is 3.98. The van der Waals surface area contributed by atoms with Gasteiger partial charge >= 0.3 is 6.09 Å². The molecule has 4 rings (SSSR count). The van der Waals surface area contributed by atoms with E-state index >= 15 is 0 Å². The Hall–Kier alpha value is -2.77. The molecule has 0 aromatic rings. The molecule has 0 aliphatic carbocycles. The van der Waals surface area contributed by atoms with Gasteiger partial charge in [-0.2, -0.15) is 0 Å². The minimum atomic E-state index is -0.818. The maximum atomic E-state index is 13.3. The molecule has 5 atom stereocenters. The maximum Gasteiger partial charge on any atom is 0.410 e. The highest BCUT2D eigenvalue weighted by molar-refractivity contribution is 5.95. The lowest BCUT2D eigenvalue weighted by Gasteiger charge is -2.35. The average molecular weight is 743 g/mol. The van der Waals surface area contributed by atoms with Gasteiger partial charge in [-0.05, 0) is 80.1 Å². The molecule has 2 saturated heterocycles. The zero-order valence-corrected chi connectivity index (χ0v) is 34.4. The molecular formula is C41H70N6O6. The van der Waals surface area contributed by atoms with Gasteiger partial charge in [0.25, 0.3) is 0 Å². The zero-order chi connectivity index (χ0) is 39.6. The van der Waals surface area contributed by atoms with Crippen LogP contribution in [0.4, 0.5) is 4.79 Å². The molecule has 0 aromatic carbocycles. The molecule has 4 aliphatic rings. The molecule has 4 heterocycles. The van der Waals surface area contributed by atoms with Crippen LogP contribution >= 0.6 is 0 Å². The van der Waals surface area contributed by atoms with Crippen LogP contribution in [0.15, 0.2) is 24.3 Å². The smallest absolute Gasteiger partial charge is 0.410 e. The SMILES string of the molecule is CC(C)NC12CCN(C1)C(=O)OCC=CCCC(C)(C(=O)C(C)C)NCC2=O.CC(C)NC12CCN(CC=CCCC(C)(C(=O)C(C)C)NCC1=O)C2. The van der Waals surface area contributed by atoms with E-state index in [2.05, 4.69) is 52.2 Å². The van der Waals surface area contributed by atoms with Crippen LogP contribution in [-0.2, 0) is 23.9 Å². The minimum Gasteiger partial charge on any atom is -0.445 e. The fraction of sp³-hybridized carbons (Fsp3) is 0.780. The lowest BCUT2D eigenvalue weighted by molar-refractivity contribution is -0.130. The zero-order valence-electron chi connectivity index (χ0n) is 34.4. The highest BCUT2D eigenvalue weighted by Crippen LogP contribution is 2.27. The van der Waals surface area contributed by atoms with E-state index in [9.17, 15) is 24.0 Å². The third kappa shape index (κ3) is 11.9. The van der Waals surface area contributed by atoms with Gasteiger partial charge < -0.3 is 20.3 Å². The summed E-state index contributed by atoms with van der Waals surface area (Å²) in [7, 11) is 0. The van der Waals surface area contributed by atoms with Crippen LogP contribution in [0.1, 0.15) is 108 Å². The molecule has 4 N–H and O–H groups in total. The first kappa shape index (κ1) is 44.6. The van der Waals surface area contributed by atoms with E-state index in [1.165, 1.54) is 0 Å². The molecule has 4 aliphatic heterocycles. The number of carbonyl (C=O) groups is 5. The summed E-state index contributed by atoms with van der Waals surface area (Å²) in [6.07, 6.45) is 11.9. The van der Waals surface area contributed by atoms with Gasteiger partial charge in [-0.1, -0.05) is 52.0 Å². The fourth-order valence-corrected chi connectivity index (χ4v) is 8.21. The molecule has 12 heteroatoms. The van der Waals surface area contributed by atoms with E-state index in [-0.39, 0.29) is 73.3 Å². The van der Waals surface area contributed by atoms with Gasteiger partial charge in [0.05, 0.1) is 35.2 Å². The van der Waals surface area contributed by atoms with Crippen molar-refractivity contribution in [3.05, 3.63) is 24.3 Å². The van der Waals surface area contributed by atoms with E-state index in [1.54, 1.807) is 4.90 Å². The number of ether oxygens (including phenoxy) is 1. The Balaban J connectivity index is 0.000000287. The molecule has 4 bridgehead atoms. The van der Waals surface area contributed by atoms with E-state index in [4.69, 9.17) is 4.74 Å². The molecule has 0 radical (unpaired) electrons. The fourth-order valence-electron chi connectivity index (χ4n) is 8.21. The van der Waals surface area contributed by atoms with Crippen LogP contribution in [0, 0.1) is 11.8 Å². The number of Topliss-reactive ketones (excluding diaryl/α,β-unsaturated/α-hetero) is 4. The number of nitrogens with zero attached hydrogens (tertiary/aromatic N) is 2. The summed E-state index contributed by atoms with van der Waals surface area (Å²) < 4.78 is 5.32. The molecule has 53 heavy (non-hydrogen) atoms. The van der Waals surface area contributed by atoms with Gasteiger partial charge in [0, 0.05) is 56.6 Å². The molecule has 300 valence electrons. The highest BCUT2D eigenvalue weighted by Gasteiger charge is 2.48. The summed E-state index contributed by atoms with van der Waals surface area (Å²) in [5, 5.41) is 13.5. The summed E-state index contributed by atoms with van der Waals surface area (Å²) in [5.41, 5.74) is -2.74. The monoisotopic (exact) mass is 743 g/mol. The molecule has 2 fully saturated rings. The van der Waals surface area contributed by atoms with Crippen molar-refractivity contribution in [2.24, 2.45) is 11.8 Å². The Kier molecular flexibility index (Phi) is 16.2. The van der Waals surface area contributed by atoms with Gasteiger partial charge in [0.1, 0.15) is 6.61 Å². The van der Waals surface area contributed by atoms with E-state index in [0.29, 0.717) is 25.8 Å². The van der Waals surface area contributed by atoms with Crippen LogP contribution < -0.4 is 21.3 Å². The van der Waals surface area contributed by atoms with Gasteiger partial charge in [0.2, 0.25) is 0 Å². The number of amides is 1. The highest BCUT2D eigenvalue weighted by atomic mass is 16.6. The van der Waals surface area contributed by atoms with Crippen LogP contribution in [0.5, 0.6) is 0 Å². The summed E-state index contributed by atoms with van der Waals surface area (Å²) in [6, 6.07) is 0.335. The summed E-state index contributed by atoms with van der Waals surface area (Å²) in [4.78, 5) is 68.2. The molecule has 0 aromatic heterocycles. The number of rotatable bonds is 8. The number of allylic oxidation sites excluding steroid dienone is 2. The van der Waals surface area contributed by atoms with Gasteiger partial charge in [-0.3, -0.25) is 34.7 Å². The standard InChI is InChI=1S/C21H35N3O4.C20H35N3O2/c1-15(2)18(26)20(5)9-7-6-8-12-28-19(27)24-11-10-21(14-24,23-16(3)4)17(25)13-22-20;1-15(2)18(25)19(5)9-7-6-8-11-23-12-10-20(14-23,22-16(3)4)17(24)13-21-19/h6,8,15-16,22-23H,7,9-14H2,1-5H3;6,8,15-16,21-22H,7,9-14H2,1-5H3. The van der Waals surface area contributed by atoms with Crippen LogP contribution in [0.2, 0.25) is 0 Å². The maximum absolute atomic E-state index is 13.3. The summed E-state index contributed by atoms with van der Waals surface area (Å²) >= 11 is 0. The number of hydrogen-bond donors (Lipinski definition) is 4. The second-order valence-electron chi connectivity index (χ2n) is 17.3. The minimum absolute atomic E-state index is 0.0214. The van der Waals surface area contributed by atoms with Gasteiger partial charge in [-0.25, -0.2) is 4.79 Å². The van der Waals surface area contributed by atoms with Crippen molar-refractivity contribution >= 4 is 29.2 Å². The number of fused-ring (bicyclic) bond motifs is 4. The summed E-state index contributed by atoms with van der Waals surface area (Å²) in [6.45, 7) is 23.4. The van der Waals surface area contributed by atoms with Crippen LogP contribution in [0.25, 0.3) is 0 Å². The van der Waals surface area contributed by atoms with Crippen molar-refractivity contribution in [3.8, 4) is 0 Å². The van der Waals surface area contributed by atoms with Gasteiger partial charge in [-0.15, -0.1) is 0 Å². The van der Waals surface area contributed by atoms with Crippen molar-refractivity contribution in [1.82, 2.24) is 31.1 Å². The number of cyclic esters (lactones) is 1. The van der Waals surface area contributed by atoms with Crippen molar-refractivity contribution < 1.29 is 28.7 Å². The molecule has 1 amide bonds. The first-order chi connectivity index (χ1) is 24.8. The van der Waals surface area contributed by atoms with Crippen molar-refractivity contribution in [3.63, 3.8) is 0 Å². The number of ketones is 4. The Bertz CT molecular complexity index is 1360. The molecule has 0 saturated carbocycles. The Morgan fingerprint density at radius 3 is 1.64 bits per heavy atom. The molecule has 0 spiro atoms. The lowest BCUT2D eigenvalue weighted by Crippen LogP contribution is -2.61. The second kappa shape index (κ2) is 19.2. The second-order valence-corrected chi connectivity index (χ2v) is 17.3. The molecule has 5 unspecified atom stereocenters. The van der Waals surface area contributed by atoms with Crippen molar-refractivity contribution in [2.75, 3.05) is 52.4 Å². The quantitative estimate of drug-likeness (QED) is 0.268. The van der Waals surface area contributed by atoms with E-state index in [0.717, 1.165) is 38.9 Å². The van der Waals surface area contributed by atoms with Gasteiger partial charge in [0.15, 0.2) is 23.1 Å². The van der Waals surface area contributed by atoms with Crippen molar-refractivity contribution in [1.29, 1.82) is 0 Å². The number of nitrogens with one attached hydrogen (secondary N) is 4. The Labute approximate surface area is 319 Å². The lowest BCUT2D eigenvalue weighted by atomic mass is 9.83. The Morgan fingerprint density at radius 1 is 0.679 bits per heavy atom. The van der Waals surface area contributed by atoms with Crippen LogP contribution in [0.3, 0.4) is 0 Å². The molecule has 12 nitrogen and oxygen atoms in total.